The minimum absolute atomic E-state index is 0.511. The fourth-order valence-electron chi connectivity index (χ4n) is 4.20. The number of piperidine rings is 1. The predicted molar refractivity (Wildman–Crippen MR) is 89.6 cm³/mol. The van der Waals surface area contributed by atoms with E-state index in [4.69, 9.17) is 4.74 Å². The summed E-state index contributed by atoms with van der Waals surface area (Å²) >= 11 is 0. The van der Waals surface area contributed by atoms with Gasteiger partial charge in [0.25, 0.3) is 0 Å². The zero-order chi connectivity index (χ0) is 15.1. The van der Waals surface area contributed by atoms with Crippen LogP contribution in [-0.4, -0.2) is 51.3 Å². The van der Waals surface area contributed by atoms with Crippen LogP contribution in [0.2, 0.25) is 0 Å². The van der Waals surface area contributed by atoms with Gasteiger partial charge in [-0.3, -0.25) is 0 Å². The SMILES string of the molecule is COCCNCC1(CN2CCCC(C)C2)CCC(C)CC1. The summed E-state index contributed by atoms with van der Waals surface area (Å²) in [6.07, 6.45) is 8.44. The second-order valence-electron chi connectivity index (χ2n) is 7.83. The molecule has 1 aliphatic carbocycles. The first-order valence-corrected chi connectivity index (χ1v) is 9.05. The summed E-state index contributed by atoms with van der Waals surface area (Å²) in [4.78, 5) is 2.75. The van der Waals surface area contributed by atoms with Gasteiger partial charge in [0.05, 0.1) is 6.61 Å². The maximum absolute atomic E-state index is 5.17. The van der Waals surface area contributed by atoms with Gasteiger partial charge in [0.2, 0.25) is 0 Å². The minimum atomic E-state index is 0.511. The zero-order valence-electron chi connectivity index (χ0n) is 14.5. The monoisotopic (exact) mass is 296 g/mol. The molecule has 1 saturated heterocycles. The molecule has 1 unspecified atom stereocenters. The molecule has 0 amide bonds. The maximum Gasteiger partial charge on any atom is 0.0587 e. The molecule has 2 rings (SSSR count). The van der Waals surface area contributed by atoms with Crippen molar-refractivity contribution in [3.63, 3.8) is 0 Å². The van der Waals surface area contributed by atoms with E-state index in [1.54, 1.807) is 7.11 Å². The van der Waals surface area contributed by atoms with E-state index >= 15 is 0 Å². The molecule has 3 nitrogen and oxygen atoms in total. The number of hydrogen-bond donors (Lipinski definition) is 1. The van der Waals surface area contributed by atoms with Gasteiger partial charge in [-0.2, -0.15) is 0 Å². The lowest BCUT2D eigenvalue weighted by Gasteiger charge is -2.44. The highest BCUT2D eigenvalue weighted by Crippen LogP contribution is 2.39. The molecule has 2 fully saturated rings. The van der Waals surface area contributed by atoms with Crippen molar-refractivity contribution in [1.29, 1.82) is 0 Å². The van der Waals surface area contributed by atoms with E-state index in [2.05, 4.69) is 24.1 Å². The number of hydrogen-bond acceptors (Lipinski definition) is 3. The van der Waals surface area contributed by atoms with Gasteiger partial charge in [0.1, 0.15) is 0 Å². The highest BCUT2D eigenvalue weighted by Gasteiger charge is 2.36. The van der Waals surface area contributed by atoms with Gasteiger partial charge in [-0.25, -0.2) is 0 Å². The Bertz CT molecular complexity index is 287. The Hall–Kier alpha value is -0.120. The molecule has 124 valence electrons. The summed E-state index contributed by atoms with van der Waals surface area (Å²) < 4.78 is 5.17. The number of nitrogens with zero attached hydrogens (tertiary/aromatic N) is 1. The smallest absolute Gasteiger partial charge is 0.0587 e. The third-order valence-corrected chi connectivity index (χ3v) is 5.62. The van der Waals surface area contributed by atoms with Gasteiger partial charge >= 0.3 is 0 Å². The van der Waals surface area contributed by atoms with Crippen molar-refractivity contribution in [1.82, 2.24) is 10.2 Å². The van der Waals surface area contributed by atoms with E-state index in [1.165, 1.54) is 64.7 Å². The molecule has 1 atom stereocenters. The van der Waals surface area contributed by atoms with E-state index in [0.29, 0.717) is 5.41 Å². The Morgan fingerprint density at radius 1 is 1.14 bits per heavy atom. The number of likely N-dealkylation sites (tertiary alicyclic amines) is 1. The number of nitrogens with one attached hydrogen (secondary N) is 1. The van der Waals surface area contributed by atoms with Crippen LogP contribution in [-0.2, 0) is 4.74 Å². The van der Waals surface area contributed by atoms with Gasteiger partial charge in [0.15, 0.2) is 0 Å². The zero-order valence-corrected chi connectivity index (χ0v) is 14.5. The summed E-state index contributed by atoms with van der Waals surface area (Å²) in [5.74, 6) is 1.82. The number of rotatable bonds is 7. The van der Waals surface area contributed by atoms with Crippen molar-refractivity contribution in [3.8, 4) is 0 Å². The van der Waals surface area contributed by atoms with E-state index in [1.807, 2.05) is 0 Å². The Morgan fingerprint density at radius 3 is 2.57 bits per heavy atom. The van der Waals surface area contributed by atoms with E-state index in [0.717, 1.165) is 25.0 Å². The van der Waals surface area contributed by atoms with Crippen LogP contribution in [0, 0.1) is 17.3 Å². The third-order valence-electron chi connectivity index (χ3n) is 5.62. The van der Waals surface area contributed by atoms with Crippen LogP contribution in [0.4, 0.5) is 0 Å². The van der Waals surface area contributed by atoms with Gasteiger partial charge in [-0.15, -0.1) is 0 Å². The summed E-state index contributed by atoms with van der Waals surface area (Å²) in [6.45, 7) is 11.8. The lowest BCUT2D eigenvalue weighted by Crippen LogP contribution is -2.48. The second-order valence-corrected chi connectivity index (χ2v) is 7.83. The first-order valence-electron chi connectivity index (χ1n) is 9.05. The molecule has 3 heteroatoms. The molecule has 0 aromatic heterocycles. The number of ether oxygens (including phenoxy) is 1. The summed E-state index contributed by atoms with van der Waals surface area (Å²) in [5.41, 5.74) is 0.511. The molecule has 0 bridgehead atoms. The Morgan fingerprint density at radius 2 is 1.90 bits per heavy atom. The topological polar surface area (TPSA) is 24.5 Å². The quantitative estimate of drug-likeness (QED) is 0.730. The van der Waals surface area contributed by atoms with E-state index in [-0.39, 0.29) is 0 Å². The highest BCUT2D eigenvalue weighted by atomic mass is 16.5. The normalized spacial score (nSPS) is 35.0. The fraction of sp³-hybridized carbons (Fsp3) is 1.00. The van der Waals surface area contributed by atoms with Crippen LogP contribution in [0.5, 0.6) is 0 Å². The summed E-state index contributed by atoms with van der Waals surface area (Å²) in [7, 11) is 1.79. The first-order chi connectivity index (χ1) is 10.1. The van der Waals surface area contributed by atoms with Crippen LogP contribution >= 0.6 is 0 Å². The van der Waals surface area contributed by atoms with Crippen molar-refractivity contribution in [2.45, 2.75) is 52.4 Å². The van der Waals surface area contributed by atoms with Crippen LogP contribution in [0.3, 0.4) is 0 Å². The Kier molecular flexibility index (Phi) is 6.97. The predicted octanol–water partition coefficient (Wildman–Crippen LogP) is 3.15. The van der Waals surface area contributed by atoms with Crippen molar-refractivity contribution >= 4 is 0 Å². The molecule has 1 heterocycles. The molecule has 21 heavy (non-hydrogen) atoms. The average Bonchev–Trinajstić information content (AvgIpc) is 2.47. The summed E-state index contributed by atoms with van der Waals surface area (Å²) in [5, 5.41) is 3.66. The van der Waals surface area contributed by atoms with Gasteiger partial charge < -0.3 is 15.0 Å². The first kappa shape index (κ1) is 17.2. The third kappa shape index (κ3) is 5.54. The lowest BCUT2D eigenvalue weighted by atomic mass is 9.70. The highest BCUT2D eigenvalue weighted by molar-refractivity contribution is 4.90. The van der Waals surface area contributed by atoms with E-state index < -0.39 is 0 Å². The molecule has 1 N–H and O–H groups in total. The van der Waals surface area contributed by atoms with Crippen LogP contribution in [0.25, 0.3) is 0 Å². The molecular weight excluding hydrogens is 260 g/mol. The van der Waals surface area contributed by atoms with Crippen LogP contribution in [0.15, 0.2) is 0 Å². The lowest BCUT2D eigenvalue weighted by molar-refractivity contribution is 0.0629. The van der Waals surface area contributed by atoms with Gasteiger partial charge in [-0.1, -0.05) is 26.7 Å². The van der Waals surface area contributed by atoms with Crippen molar-refractivity contribution in [2.24, 2.45) is 17.3 Å². The van der Waals surface area contributed by atoms with Crippen LogP contribution in [0.1, 0.15) is 52.4 Å². The fourth-order valence-corrected chi connectivity index (χ4v) is 4.20. The molecule has 1 saturated carbocycles. The Labute approximate surface area is 131 Å². The largest absolute Gasteiger partial charge is 0.383 e. The minimum Gasteiger partial charge on any atom is -0.383 e. The van der Waals surface area contributed by atoms with Gasteiger partial charge in [0, 0.05) is 33.3 Å². The molecule has 0 spiro atoms. The standard InChI is InChI=1S/C18H36N2O/c1-16-6-8-18(9-7-16,14-19-10-12-21-3)15-20-11-4-5-17(2)13-20/h16-17,19H,4-15H2,1-3H3. The maximum atomic E-state index is 5.17. The summed E-state index contributed by atoms with van der Waals surface area (Å²) in [6, 6.07) is 0. The van der Waals surface area contributed by atoms with Crippen molar-refractivity contribution in [2.75, 3.05) is 46.4 Å². The number of methoxy groups -OCH3 is 1. The van der Waals surface area contributed by atoms with Crippen LogP contribution < -0.4 is 5.32 Å². The molecule has 0 aromatic rings. The molecule has 1 aliphatic heterocycles. The van der Waals surface area contributed by atoms with Crippen molar-refractivity contribution in [3.05, 3.63) is 0 Å². The van der Waals surface area contributed by atoms with E-state index in [9.17, 15) is 0 Å². The molecule has 2 aliphatic rings. The molecule has 0 aromatic carbocycles. The molecule has 0 radical (unpaired) electrons. The average molecular weight is 296 g/mol. The second kappa shape index (κ2) is 8.50. The van der Waals surface area contributed by atoms with Gasteiger partial charge in [-0.05, 0) is 49.5 Å². The Balaban J connectivity index is 1.88. The van der Waals surface area contributed by atoms with Crippen molar-refractivity contribution < 1.29 is 4.74 Å². The molecular formula is C18H36N2O.